The SMILES string of the molecule is N#Cc1cccc(NC(=O)CC(=O)NCCc2ccc(Cl)cc2)c1. The Morgan fingerprint density at radius 1 is 1.08 bits per heavy atom. The van der Waals surface area contributed by atoms with Gasteiger partial charge in [-0.05, 0) is 42.3 Å². The largest absolute Gasteiger partial charge is 0.355 e. The summed E-state index contributed by atoms with van der Waals surface area (Å²) in [6.45, 7) is 0.442. The van der Waals surface area contributed by atoms with Gasteiger partial charge in [0.1, 0.15) is 6.42 Å². The molecule has 2 aromatic rings. The van der Waals surface area contributed by atoms with E-state index in [1.807, 2.05) is 18.2 Å². The van der Waals surface area contributed by atoms with Crippen LogP contribution in [0.2, 0.25) is 5.02 Å². The number of hydrogen-bond donors (Lipinski definition) is 2. The minimum atomic E-state index is -0.422. The van der Waals surface area contributed by atoms with Crippen molar-refractivity contribution in [2.45, 2.75) is 12.8 Å². The van der Waals surface area contributed by atoms with Gasteiger partial charge in [0.05, 0.1) is 11.6 Å². The molecule has 2 rings (SSSR count). The molecule has 0 aliphatic rings. The molecule has 0 bridgehead atoms. The smallest absolute Gasteiger partial charge is 0.233 e. The van der Waals surface area contributed by atoms with Gasteiger partial charge in [0, 0.05) is 17.3 Å². The van der Waals surface area contributed by atoms with E-state index in [4.69, 9.17) is 16.9 Å². The molecule has 0 spiro atoms. The zero-order chi connectivity index (χ0) is 17.4. The third-order valence-electron chi connectivity index (χ3n) is 3.25. The predicted molar refractivity (Wildman–Crippen MR) is 92.6 cm³/mol. The highest BCUT2D eigenvalue weighted by molar-refractivity contribution is 6.30. The van der Waals surface area contributed by atoms with Crippen molar-refractivity contribution in [1.29, 1.82) is 5.26 Å². The molecule has 0 aliphatic carbocycles. The molecular formula is C18H16ClN3O2. The van der Waals surface area contributed by atoms with Crippen LogP contribution in [-0.2, 0) is 16.0 Å². The third kappa shape index (κ3) is 5.75. The number of carbonyl (C=O) groups excluding carboxylic acids is 2. The van der Waals surface area contributed by atoms with E-state index in [1.54, 1.807) is 36.4 Å². The molecule has 24 heavy (non-hydrogen) atoms. The average Bonchev–Trinajstić information content (AvgIpc) is 2.56. The van der Waals surface area contributed by atoms with E-state index in [0.29, 0.717) is 29.2 Å². The van der Waals surface area contributed by atoms with Crippen molar-refractivity contribution in [2.75, 3.05) is 11.9 Å². The summed E-state index contributed by atoms with van der Waals surface area (Å²) in [6, 6.07) is 15.9. The van der Waals surface area contributed by atoms with Gasteiger partial charge in [0.25, 0.3) is 0 Å². The Hall–Kier alpha value is -2.84. The molecule has 0 unspecified atom stereocenters. The van der Waals surface area contributed by atoms with Crippen LogP contribution < -0.4 is 10.6 Å². The zero-order valence-corrected chi connectivity index (χ0v) is 13.6. The Morgan fingerprint density at radius 3 is 2.54 bits per heavy atom. The van der Waals surface area contributed by atoms with Crippen molar-refractivity contribution in [3.05, 3.63) is 64.7 Å². The topological polar surface area (TPSA) is 82.0 Å². The van der Waals surface area contributed by atoms with Crippen LogP contribution in [0, 0.1) is 11.3 Å². The van der Waals surface area contributed by atoms with Gasteiger partial charge < -0.3 is 10.6 Å². The maximum absolute atomic E-state index is 11.8. The molecule has 0 saturated heterocycles. The lowest BCUT2D eigenvalue weighted by atomic mass is 10.1. The third-order valence-corrected chi connectivity index (χ3v) is 3.50. The van der Waals surface area contributed by atoms with Crippen molar-refractivity contribution in [1.82, 2.24) is 5.32 Å². The van der Waals surface area contributed by atoms with Crippen LogP contribution in [0.3, 0.4) is 0 Å². The molecule has 2 aromatic carbocycles. The summed E-state index contributed by atoms with van der Waals surface area (Å²) >= 11 is 5.81. The van der Waals surface area contributed by atoms with Crippen LogP contribution in [-0.4, -0.2) is 18.4 Å². The van der Waals surface area contributed by atoms with Crippen molar-refractivity contribution in [2.24, 2.45) is 0 Å². The van der Waals surface area contributed by atoms with Crippen LogP contribution in [0.15, 0.2) is 48.5 Å². The predicted octanol–water partition coefficient (Wildman–Crippen LogP) is 2.90. The van der Waals surface area contributed by atoms with Crippen LogP contribution in [0.25, 0.3) is 0 Å². The lowest BCUT2D eigenvalue weighted by molar-refractivity contribution is -0.126. The second kappa shape index (κ2) is 8.70. The Labute approximate surface area is 145 Å². The molecule has 2 amide bonds. The van der Waals surface area contributed by atoms with Crippen molar-refractivity contribution < 1.29 is 9.59 Å². The van der Waals surface area contributed by atoms with Crippen molar-refractivity contribution in [3.63, 3.8) is 0 Å². The maximum atomic E-state index is 11.8. The molecule has 0 heterocycles. The highest BCUT2D eigenvalue weighted by Crippen LogP contribution is 2.10. The Morgan fingerprint density at radius 2 is 1.83 bits per heavy atom. The molecule has 0 atom stereocenters. The summed E-state index contributed by atoms with van der Waals surface area (Å²) in [5.74, 6) is -0.771. The molecule has 0 radical (unpaired) electrons. The first-order chi connectivity index (χ1) is 11.6. The highest BCUT2D eigenvalue weighted by Gasteiger charge is 2.09. The molecule has 122 valence electrons. The van der Waals surface area contributed by atoms with Gasteiger partial charge in [-0.1, -0.05) is 29.8 Å². The Bertz CT molecular complexity index is 767. The monoisotopic (exact) mass is 341 g/mol. The summed E-state index contributed by atoms with van der Waals surface area (Å²) < 4.78 is 0. The number of carbonyl (C=O) groups is 2. The molecule has 0 fully saturated rings. The summed E-state index contributed by atoms with van der Waals surface area (Å²) in [6.07, 6.45) is 0.395. The number of nitrogens with zero attached hydrogens (tertiary/aromatic N) is 1. The minimum absolute atomic E-state index is 0.266. The summed E-state index contributed by atoms with van der Waals surface area (Å²) in [4.78, 5) is 23.6. The van der Waals surface area contributed by atoms with E-state index in [9.17, 15) is 9.59 Å². The molecule has 0 saturated carbocycles. The van der Waals surface area contributed by atoms with Gasteiger partial charge in [0.15, 0.2) is 0 Å². The number of nitriles is 1. The van der Waals surface area contributed by atoms with Crippen LogP contribution in [0.5, 0.6) is 0 Å². The second-order valence-corrected chi connectivity index (χ2v) is 5.58. The van der Waals surface area contributed by atoms with Crippen LogP contribution >= 0.6 is 11.6 Å². The van der Waals surface area contributed by atoms with Crippen molar-refractivity contribution >= 4 is 29.1 Å². The maximum Gasteiger partial charge on any atom is 0.233 e. The first-order valence-electron chi connectivity index (χ1n) is 7.38. The van der Waals surface area contributed by atoms with Gasteiger partial charge in [-0.3, -0.25) is 9.59 Å². The van der Waals surface area contributed by atoms with E-state index < -0.39 is 5.91 Å². The number of amides is 2. The van der Waals surface area contributed by atoms with E-state index in [2.05, 4.69) is 10.6 Å². The van der Waals surface area contributed by atoms with E-state index in [1.165, 1.54) is 0 Å². The fraction of sp³-hybridized carbons (Fsp3) is 0.167. The number of halogens is 1. The standard InChI is InChI=1S/C18H16ClN3O2/c19-15-6-4-13(5-7-15)8-9-21-17(23)11-18(24)22-16-3-1-2-14(10-16)12-20/h1-7,10H,8-9,11H2,(H,21,23)(H,22,24). The number of benzene rings is 2. The molecule has 0 aromatic heterocycles. The Kier molecular flexibility index (Phi) is 6.35. The zero-order valence-electron chi connectivity index (χ0n) is 12.9. The fourth-order valence-electron chi connectivity index (χ4n) is 2.08. The fourth-order valence-corrected chi connectivity index (χ4v) is 2.20. The van der Waals surface area contributed by atoms with E-state index in [-0.39, 0.29) is 12.3 Å². The number of nitrogens with one attached hydrogen (secondary N) is 2. The summed E-state index contributed by atoms with van der Waals surface area (Å²) in [5, 5.41) is 14.8. The van der Waals surface area contributed by atoms with Crippen LogP contribution in [0.4, 0.5) is 5.69 Å². The average molecular weight is 342 g/mol. The van der Waals surface area contributed by atoms with E-state index >= 15 is 0 Å². The normalized spacial score (nSPS) is 9.83. The molecular weight excluding hydrogens is 326 g/mol. The van der Waals surface area contributed by atoms with Crippen molar-refractivity contribution in [3.8, 4) is 6.07 Å². The van der Waals surface area contributed by atoms with Crippen LogP contribution in [0.1, 0.15) is 17.5 Å². The second-order valence-electron chi connectivity index (χ2n) is 5.14. The highest BCUT2D eigenvalue weighted by atomic mass is 35.5. The lowest BCUT2D eigenvalue weighted by Crippen LogP contribution is -2.29. The Balaban J connectivity index is 1.74. The van der Waals surface area contributed by atoms with Gasteiger partial charge in [0.2, 0.25) is 11.8 Å². The molecule has 6 heteroatoms. The first-order valence-corrected chi connectivity index (χ1v) is 7.76. The summed E-state index contributed by atoms with van der Waals surface area (Å²) in [7, 11) is 0. The number of rotatable bonds is 6. The van der Waals surface area contributed by atoms with E-state index in [0.717, 1.165) is 5.56 Å². The first kappa shape index (κ1) is 17.5. The number of hydrogen-bond acceptors (Lipinski definition) is 3. The molecule has 5 nitrogen and oxygen atoms in total. The summed E-state index contributed by atoms with van der Waals surface area (Å²) in [5.41, 5.74) is 1.99. The van der Waals surface area contributed by atoms with Gasteiger partial charge >= 0.3 is 0 Å². The van der Waals surface area contributed by atoms with Gasteiger partial charge in [-0.25, -0.2) is 0 Å². The minimum Gasteiger partial charge on any atom is -0.355 e. The molecule has 0 aliphatic heterocycles. The molecule has 2 N–H and O–H groups in total. The van der Waals surface area contributed by atoms with Gasteiger partial charge in [-0.15, -0.1) is 0 Å². The van der Waals surface area contributed by atoms with Gasteiger partial charge in [-0.2, -0.15) is 5.26 Å². The lowest BCUT2D eigenvalue weighted by Gasteiger charge is -2.07. The number of anilines is 1. The quantitative estimate of drug-likeness (QED) is 0.792.